The van der Waals surface area contributed by atoms with Gasteiger partial charge in [0.1, 0.15) is 21.7 Å². The van der Waals surface area contributed by atoms with Crippen molar-refractivity contribution in [3.63, 3.8) is 0 Å². The molecular weight excluding hydrogens is 438 g/mol. The molecule has 0 spiro atoms. The van der Waals surface area contributed by atoms with E-state index in [1.165, 1.54) is 11.3 Å². The number of fused-ring (bicyclic) bond motifs is 1. The van der Waals surface area contributed by atoms with E-state index in [1.54, 1.807) is 29.9 Å². The number of hydrogen-bond acceptors (Lipinski definition) is 7. The number of rotatable bonds is 9. The first kappa shape index (κ1) is 24.9. The first-order chi connectivity index (χ1) is 14.3. The molecule has 0 atom stereocenters. The van der Waals surface area contributed by atoms with E-state index in [0.29, 0.717) is 34.4 Å². The molecule has 31 heavy (non-hydrogen) atoms. The predicted octanol–water partition coefficient (Wildman–Crippen LogP) is 4.11. The summed E-state index contributed by atoms with van der Waals surface area (Å²) in [5.41, 5.74) is 1.10. The van der Waals surface area contributed by atoms with Crippen LogP contribution in [0.4, 0.5) is 5.13 Å². The van der Waals surface area contributed by atoms with Gasteiger partial charge in [0.15, 0.2) is 10.8 Å². The van der Waals surface area contributed by atoms with E-state index in [-0.39, 0.29) is 24.4 Å². The van der Waals surface area contributed by atoms with Crippen LogP contribution in [0.15, 0.2) is 24.4 Å². The SMILES string of the molecule is COc1ccc(OC)c2sc(N(CCCN(C)C)C(=O)c3ccn(C(C)C)n3)nc12.Cl. The van der Waals surface area contributed by atoms with Gasteiger partial charge >= 0.3 is 0 Å². The number of amides is 1. The summed E-state index contributed by atoms with van der Waals surface area (Å²) in [6, 6.07) is 5.62. The minimum absolute atomic E-state index is 0. The Morgan fingerprint density at radius 2 is 1.81 bits per heavy atom. The highest BCUT2D eigenvalue weighted by molar-refractivity contribution is 7.22. The molecule has 170 valence electrons. The number of carbonyl (C=O) groups excluding carboxylic acids is 1. The molecule has 0 saturated heterocycles. The molecule has 2 aromatic heterocycles. The van der Waals surface area contributed by atoms with Crippen LogP contribution in [0.25, 0.3) is 10.2 Å². The third-order valence-electron chi connectivity index (χ3n) is 4.72. The lowest BCUT2D eigenvalue weighted by Crippen LogP contribution is -2.33. The van der Waals surface area contributed by atoms with E-state index >= 15 is 0 Å². The van der Waals surface area contributed by atoms with Gasteiger partial charge in [-0.1, -0.05) is 11.3 Å². The minimum atomic E-state index is -0.162. The van der Waals surface area contributed by atoms with Crippen molar-refractivity contribution in [2.75, 3.05) is 46.3 Å². The molecule has 8 nitrogen and oxygen atoms in total. The maximum Gasteiger partial charge on any atom is 0.280 e. The molecule has 0 saturated carbocycles. The molecule has 1 amide bonds. The molecule has 0 aliphatic rings. The number of aromatic nitrogens is 3. The molecule has 3 aromatic rings. The zero-order chi connectivity index (χ0) is 21.8. The van der Waals surface area contributed by atoms with E-state index in [2.05, 4.69) is 10.00 Å². The van der Waals surface area contributed by atoms with Crippen LogP contribution in [0.5, 0.6) is 11.5 Å². The lowest BCUT2D eigenvalue weighted by molar-refractivity contribution is 0.0980. The number of carbonyl (C=O) groups is 1. The van der Waals surface area contributed by atoms with Gasteiger partial charge in [-0.3, -0.25) is 14.4 Å². The van der Waals surface area contributed by atoms with Crippen LogP contribution in [0.3, 0.4) is 0 Å². The van der Waals surface area contributed by atoms with Gasteiger partial charge in [-0.25, -0.2) is 4.98 Å². The van der Waals surface area contributed by atoms with Crippen LogP contribution in [0.2, 0.25) is 0 Å². The van der Waals surface area contributed by atoms with Crippen LogP contribution < -0.4 is 14.4 Å². The molecule has 0 unspecified atom stereocenters. The summed E-state index contributed by atoms with van der Waals surface area (Å²) in [5, 5.41) is 5.07. The molecule has 0 N–H and O–H groups in total. The summed E-state index contributed by atoms with van der Waals surface area (Å²) >= 11 is 1.42. The van der Waals surface area contributed by atoms with Gasteiger partial charge < -0.3 is 14.4 Å². The van der Waals surface area contributed by atoms with Crippen LogP contribution in [-0.2, 0) is 0 Å². The molecule has 0 bridgehead atoms. The Morgan fingerprint density at radius 1 is 1.13 bits per heavy atom. The summed E-state index contributed by atoms with van der Waals surface area (Å²) in [6.07, 6.45) is 2.65. The standard InChI is InChI=1S/C21H29N5O3S.ClH/c1-14(2)26-13-10-15(23-26)20(27)25(12-7-11-24(3)4)21-22-18-16(28-5)8-9-17(29-6)19(18)30-21;/h8-10,13-14H,7,11-12H2,1-6H3;1H. The second-order valence-electron chi connectivity index (χ2n) is 7.53. The number of thiazole rings is 1. The molecule has 0 aliphatic carbocycles. The highest BCUT2D eigenvalue weighted by atomic mass is 35.5. The average molecular weight is 468 g/mol. The molecule has 3 rings (SSSR count). The van der Waals surface area contributed by atoms with Crippen LogP contribution in [0.1, 0.15) is 36.8 Å². The van der Waals surface area contributed by atoms with E-state index in [9.17, 15) is 4.79 Å². The Labute approximate surface area is 193 Å². The number of nitrogens with zero attached hydrogens (tertiary/aromatic N) is 5. The predicted molar refractivity (Wildman–Crippen MR) is 127 cm³/mol. The summed E-state index contributed by atoms with van der Waals surface area (Å²) < 4.78 is 13.6. The number of halogens is 1. The zero-order valence-corrected chi connectivity index (χ0v) is 20.4. The van der Waals surface area contributed by atoms with E-state index < -0.39 is 0 Å². The fourth-order valence-corrected chi connectivity index (χ4v) is 4.20. The first-order valence-corrected chi connectivity index (χ1v) is 10.7. The topological polar surface area (TPSA) is 72.7 Å². The van der Waals surface area contributed by atoms with Gasteiger partial charge in [-0.05, 0) is 59.1 Å². The molecular formula is C21H30ClN5O3S. The summed E-state index contributed by atoms with van der Waals surface area (Å²) in [5.74, 6) is 1.20. The molecule has 0 fully saturated rings. The second kappa shape index (κ2) is 10.8. The lowest BCUT2D eigenvalue weighted by atomic mass is 10.3. The quantitative estimate of drug-likeness (QED) is 0.471. The van der Waals surface area contributed by atoms with Crippen molar-refractivity contribution >= 4 is 45.0 Å². The smallest absolute Gasteiger partial charge is 0.280 e. The van der Waals surface area contributed by atoms with Gasteiger partial charge in [0.25, 0.3) is 5.91 Å². The van der Waals surface area contributed by atoms with Gasteiger partial charge in [0.2, 0.25) is 0 Å². The van der Waals surface area contributed by atoms with Gasteiger partial charge in [-0.15, -0.1) is 12.4 Å². The van der Waals surface area contributed by atoms with Crippen molar-refractivity contribution in [1.29, 1.82) is 0 Å². The van der Waals surface area contributed by atoms with Crippen molar-refractivity contribution in [3.05, 3.63) is 30.1 Å². The van der Waals surface area contributed by atoms with Gasteiger partial charge in [0, 0.05) is 18.8 Å². The summed E-state index contributed by atoms with van der Waals surface area (Å²) in [4.78, 5) is 21.9. The van der Waals surface area contributed by atoms with E-state index in [1.807, 2.05) is 46.3 Å². The van der Waals surface area contributed by atoms with E-state index in [4.69, 9.17) is 14.5 Å². The fourth-order valence-electron chi connectivity index (χ4n) is 3.10. The molecule has 0 aliphatic heterocycles. The second-order valence-corrected chi connectivity index (χ2v) is 8.51. The van der Waals surface area contributed by atoms with Crippen molar-refractivity contribution < 1.29 is 14.3 Å². The molecule has 0 radical (unpaired) electrons. The Bertz CT molecular complexity index is 977. The first-order valence-electron chi connectivity index (χ1n) is 9.89. The third-order valence-corrected chi connectivity index (χ3v) is 5.81. The van der Waals surface area contributed by atoms with Crippen molar-refractivity contribution in [1.82, 2.24) is 19.7 Å². The van der Waals surface area contributed by atoms with E-state index in [0.717, 1.165) is 17.7 Å². The van der Waals surface area contributed by atoms with Gasteiger partial charge in [0.05, 0.1) is 14.2 Å². The normalized spacial score (nSPS) is 11.1. The average Bonchev–Trinajstić information content (AvgIpc) is 3.37. The highest BCUT2D eigenvalue weighted by Crippen LogP contribution is 2.40. The Hall–Kier alpha value is -2.36. The number of benzene rings is 1. The zero-order valence-electron chi connectivity index (χ0n) is 18.8. The number of hydrogen-bond donors (Lipinski definition) is 0. The Kier molecular flexibility index (Phi) is 8.67. The van der Waals surface area contributed by atoms with Crippen LogP contribution >= 0.6 is 23.7 Å². The van der Waals surface area contributed by atoms with Gasteiger partial charge in [-0.2, -0.15) is 5.10 Å². The van der Waals surface area contributed by atoms with Crippen LogP contribution in [0, 0.1) is 0 Å². The molecule has 1 aromatic carbocycles. The molecule has 2 heterocycles. The number of ether oxygens (including phenoxy) is 2. The number of methoxy groups -OCH3 is 2. The Balaban J connectivity index is 0.00000341. The van der Waals surface area contributed by atoms with Crippen molar-refractivity contribution in [2.24, 2.45) is 0 Å². The fraction of sp³-hybridized carbons (Fsp3) is 0.476. The van der Waals surface area contributed by atoms with Crippen molar-refractivity contribution in [2.45, 2.75) is 26.3 Å². The van der Waals surface area contributed by atoms with Crippen LogP contribution in [-0.4, -0.2) is 67.0 Å². The largest absolute Gasteiger partial charge is 0.495 e. The summed E-state index contributed by atoms with van der Waals surface area (Å²) in [6.45, 7) is 5.46. The van der Waals surface area contributed by atoms with Crippen molar-refractivity contribution in [3.8, 4) is 11.5 Å². The minimum Gasteiger partial charge on any atom is -0.495 e. The maximum absolute atomic E-state index is 13.4. The monoisotopic (exact) mass is 467 g/mol. The Morgan fingerprint density at radius 3 is 2.39 bits per heavy atom. The highest BCUT2D eigenvalue weighted by Gasteiger charge is 2.25. The number of anilines is 1. The maximum atomic E-state index is 13.4. The summed E-state index contributed by atoms with van der Waals surface area (Å²) in [7, 11) is 7.27. The third kappa shape index (κ3) is 5.47. The molecule has 10 heteroatoms. The lowest BCUT2D eigenvalue weighted by Gasteiger charge is -2.20.